The summed E-state index contributed by atoms with van der Waals surface area (Å²) in [5.41, 5.74) is 2.66. The number of aliphatic imine (C=N–C) groups is 1. The molecule has 0 amide bonds. The molecule has 29 heavy (non-hydrogen) atoms. The minimum atomic E-state index is -0.286. The molecule has 2 aromatic heterocycles. The first-order valence-electron chi connectivity index (χ1n) is 8.89. The van der Waals surface area contributed by atoms with E-state index in [4.69, 9.17) is 16.0 Å². The number of guanidine groups is 1. The lowest BCUT2D eigenvalue weighted by Gasteiger charge is -2.11. The van der Waals surface area contributed by atoms with E-state index in [0.717, 1.165) is 29.8 Å². The predicted octanol–water partition coefficient (Wildman–Crippen LogP) is 4.10. The topological polar surface area (TPSA) is 75.3 Å². The molecule has 154 valence electrons. The molecule has 0 radical (unpaired) electrons. The molecule has 0 bridgehead atoms. The Bertz CT molecular complexity index is 915. The molecule has 0 aliphatic carbocycles. The van der Waals surface area contributed by atoms with Gasteiger partial charge < -0.3 is 15.1 Å². The Morgan fingerprint density at radius 3 is 2.48 bits per heavy atom. The quantitative estimate of drug-likeness (QED) is 0.209. The van der Waals surface area contributed by atoms with E-state index in [9.17, 15) is 4.39 Å². The molecule has 3 aromatic rings. The second-order valence-electron chi connectivity index (χ2n) is 6.07. The van der Waals surface area contributed by atoms with E-state index in [2.05, 4.69) is 25.6 Å². The number of pyridine rings is 1. The molecule has 0 fully saturated rings. The van der Waals surface area contributed by atoms with Crippen molar-refractivity contribution in [3.8, 4) is 11.5 Å². The van der Waals surface area contributed by atoms with Crippen molar-refractivity contribution in [3.05, 3.63) is 71.1 Å². The number of nitrogens with zero attached hydrogens (tertiary/aromatic N) is 3. The molecule has 2 N–H and O–H groups in total. The highest BCUT2D eigenvalue weighted by Crippen LogP contribution is 2.18. The summed E-state index contributed by atoms with van der Waals surface area (Å²) in [6.07, 6.45) is 4.87. The van der Waals surface area contributed by atoms with E-state index in [1.54, 1.807) is 37.7 Å². The minimum Gasteiger partial charge on any atom is -0.444 e. The Morgan fingerprint density at radius 2 is 1.83 bits per heavy atom. The second-order valence-corrected chi connectivity index (χ2v) is 6.45. The first kappa shape index (κ1) is 23.1. The number of aromatic nitrogens is 2. The molecule has 6 nitrogen and oxygen atoms in total. The number of nitrogens with one attached hydrogen (secondary N) is 2. The summed E-state index contributed by atoms with van der Waals surface area (Å²) in [5, 5.41) is 6.98. The maximum Gasteiger partial charge on any atom is 0.226 e. The number of benzene rings is 1. The van der Waals surface area contributed by atoms with Gasteiger partial charge in [0.05, 0.1) is 5.69 Å². The summed E-state index contributed by atoms with van der Waals surface area (Å²) in [6, 6.07) is 9.79. The van der Waals surface area contributed by atoms with Gasteiger partial charge in [0, 0.05) is 38.3 Å². The molecule has 2 heterocycles. The van der Waals surface area contributed by atoms with Crippen LogP contribution >= 0.6 is 35.6 Å². The molecular weight excluding hydrogens is 508 g/mol. The molecular formula is C20H22ClFIN5O. The molecule has 0 unspecified atom stereocenters. The number of halogens is 3. The minimum absolute atomic E-state index is 0. The van der Waals surface area contributed by atoms with Crippen molar-refractivity contribution in [2.75, 3.05) is 20.1 Å². The predicted molar refractivity (Wildman–Crippen MR) is 123 cm³/mol. The van der Waals surface area contributed by atoms with Crippen molar-refractivity contribution in [3.63, 3.8) is 0 Å². The fourth-order valence-electron chi connectivity index (χ4n) is 2.56. The van der Waals surface area contributed by atoms with Crippen LogP contribution in [0.3, 0.4) is 0 Å². The zero-order valence-electron chi connectivity index (χ0n) is 15.9. The third kappa shape index (κ3) is 7.28. The Kier molecular flexibility index (Phi) is 9.33. The Hall–Kier alpha value is -2.20. The molecule has 0 aliphatic heterocycles. The van der Waals surface area contributed by atoms with Crippen molar-refractivity contribution in [2.24, 2.45) is 4.99 Å². The summed E-state index contributed by atoms with van der Waals surface area (Å²) >= 11 is 5.79. The molecule has 0 spiro atoms. The SMILES string of the molecule is CN=C(NCCc1ccc(Cl)nc1)NCCc1coc(-c2ccc(F)cc2)n1.I. The Balaban J connectivity index is 0.00000300. The largest absolute Gasteiger partial charge is 0.444 e. The van der Waals surface area contributed by atoms with Crippen molar-refractivity contribution >= 4 is 41.5 Å². The monoisotopic (exact) mass is 529 g/mol. The van der Waals surface area contributed by atoms with Crippen LogP contribution in [-0.4, -0.2) is 36.1 Å². The zero-order valence-corrected chi connectivity index (χ0v) is 18.9. The van der Waals surface area contributed by atoms with Gasteiger partial charge in [-0.2, -0.15) is 0 Å². The Morgan fingerprint density at radius 1 is 1.10 bits per heavy atom. The van der Waals surface area contributed by atoms with Crippen LogP contribution in [0, 0.1) is 5.82 Å². The Labute approximate surface area is 191 Å². The van der Waals surface area contributed by atoms with E-state index in [-0.39, 0.29) is 29.8 Å². The van der Waals surface area contributed by atoms with Crippen LogP contribution in [0.25, 0.3) is 11.5 Å². The third-order valence-electron chi connectivity index (χ3n) is 4.03. The third-order valence-corrected chi connectivity index (χ3v) is 4.26. The molecule has 1 aromatic carbocycles. The van der Waals surface area contributed by atoms with Crippen LogP contribution in [0.1, 0.15) is 11.3 Å². The summed E-state index contributed by atoms with van der Waals surface area (Å²) in [4.78, 5) is 12.7. The first-order valence-corrected chi connectivity index (χ1v) is 9.27. The molecule has 3 rings (SSSR count). The van der Waals surface area contributed by atoms with Gasteiger partial charge in [0.1, 0.15) is 17.2 Å². The smallest absolute Gasteiger partial charge is 0.226 e. The fourth-order valence-corrected chi connectivity index (χ4v) is 2.67. The van der Waals surface area contributed by atoms with Gasteiger partial charge >= 0.3 is 0 Å². The highest BCUT2D eigenvalue weighted by Gasteiger charge is 2.07. The van der Waals surface area contributed by atoms with Gasteiger partial charge in [0.15, 0.2) is 5.96 Å². The molecule has 9 heteroatoms. The maximum atomic E-state index is 13.0. The van der Waals surface area contributed by atoms with E-state index >= 15 is 0 Å². The van der Waals surface area contributed by atoms with Crippen molar-refractivity contribution < 1.29 is 8.81 Å². The van der Waals surface area contributed by atoms with Gasteiger partial charge in [-0.3, -0.25) is 4.99 Å². The van der Waals surface area contributed by atoms with Crippen molar-refractivity contribution in [1.82, 2.24) is 20.6 Å². The zero-order chi connectivity index (χ0) is 19.8. The van der Waals surface area contributed by atoms with E-state index in [1.807, 2.05) is 6.07 Å². The summed E-state index contributed by atoms with van der Waals surface area (Å²) in [6.45, 7) is 1.37. The second kappa shape index (κ2) is 11.7. The molecule has 0 atom stereocenters. The van der Waals surface area contributed by atoms with Gasteiger partial charge in [-0.05, 0) is 42.3 Å². The molecule has 0 saturated carbocycles. The lowest BCUT2D eigenvalue weighted by Crippen LogP contribution is -2.39. The first-order chi connectivity index (χ1) is 13.6. The average molecular weight is 530 g/mol. The van der Waals surface area contributed by atoms with Crippen LogP contribution < -0.4 is 10.6 Å². The van der Waals surface area contributed by atoms with Crippen LogP contribution in [0.4, 0.5) is 4.39 Å². The number of rotatable bonds is 7. The van der Waals surface area contributed by atoms with Gasteiger partial charge in [0.2, 0.25) is 5.89 Å². The average Bonchev–Trinajstić information content (AvgIpc) is 3.17. The number of hydrogen-bond donors (Lipinski definition) is 2. The van der Waals surface area contributed by atoms with E-state index in [1.165, 1.54) is 12.1 Å². The van der Waals surface area contributed by atoms with E-state index < -0.39 is 0 Å². The van der Waals surface area contributed by atoms with Gasteiger partial charge in [-0.15, -0.1) is 24.0 Å². The van der Waals surface area contributed by atoms with Crippen LogP contribution in [0.2, 0.25) is 5.15 Å². The maximum absolute atomic E-state index is 13.0. The van der Waals surface area contributed by atoms with Gasteiger partial charge in [-0.25, -0.2) is 14.4 Å². The van der Waals surface area contributed by atoms with E-state index in [0.29, 0.717) is 30.0 Å². The number of hydrogen-bond acceptors (Lipinski definition) is 4. The lowest BCUT2D eigenvalue weighted by molar-refractivity contribution is 0.571. The van der Waals surface area contributed by atoms with Crippen molar-refractivity contribution in [2.45, 2.75) is 12.8 Å². The lowest BCUT2D eigenvalue weighted by atomic mass is 10.2. The number of oxazole rings is 1. The van der Waals surface area contributed by atoms with Gasteiger partial charge in [-0.1, -0.05) is 17.7 Å². The molecule has 0 saturated heterocycles. The summed E-state index contributed by atoms with van der Waals surface area (Å²) in [5.74, 6) is 0.907. The standard InChI is InChI=1S/C20H21ClFN5O.HI/c1-23-20(24-10-8-14-2-7-18(21)26-12-14)25-11-9-17-13-28-19(27-17)15-3-5-16(22)6-4-15;/h2-7,12-13H,8-11H2,1H3,(H2,23,24,25);1H. The van der Waals surface area contributed by atoms with Gasteiger partial charge in [0.25, 0.3) is 0 Å². The van der Waals surface area contributed by atoms with Crippen molar-refractivity contribution in [1.29, 1.82) is 0 Å². The summed E-state index contributed by atoms with van der Waals surface area (Å²) < 4.78 is 18.5. The van der Waals surface area contributed by atoms with Crippen LogP contribution in [-0.2, 0) is 12.8 Å². The highest BCUT2D eigenvalue weighted by atomic mass is 127. The summed E-state index contributed by atoms with van der Waals surface area (Å²) in [7, 11) is 1.72. The fraction of sp³-hybridized carbons (Fsp3) is 0.250. The normalized spacial score (nSPS) is 11.1. The van der Waals surface area contributed by atoms with Crippen LogP contribution in [0.5, 0.6) is 0 Å². The van der Waals surface area contributed by atoms with Crippen LogP contribution in [0.15, 0.2) is 58.3 Å². The molecule has 0 aliphatic rings. The highest BCUT2D eigenvalue weighted by molar-refractivity contribution is 14.0.